The summed E-state index contributed by atoms with van der Waals surface area (Å²) < 4.78 is 0. The third kappa shape index (κ3) is 3.45. The Morgan fingerprint density at radius 3 is 2.63 bits per heavy atom. The summed E-state index contributed by atoms with van der Waals surface area (Å²) in [6.07, 6.45) is 1.23. The average Bonchev–Trinajstić information content (AvgIpc) is 2.87. The minimum Gasteiger partial charge on any atom is -0.353 e. The molecule has 6 heteroatoms. The van der Waals surface area contributed by atoms with Crippen LogP contribution in [-0.4, -0.2) is 21.4 Å². The van der Waals surface area contributed by atoms with Gasteiger partial charge in [0, 0.05) is 11.0 Å². The first-order valence-electron chi connectivity index (χ1n) is 5.62. The fourth-order valence-electron chi connectivity index (χ4n) is 1.51. The molecule has 98 valence electrons. The van der Waals surface area contributed by atoms with E-state index in [0.717, 1.165) is 10.5 Å². The number of nitrogens with zero attached hydrogens (tertiary/aromatic N) is 1. The fourth-order valence-corrected chi connectivity index (χ4v) is 2.29. The zero-order valence-electron chi connectivity index (χ0n) is 10.3. The molecule has 0 radical (unpaired) electrons. The smallest absolute Gasteiger partial charge is 0.287 e. The van der Waals surface area contributed by atoms with Crippen LogP contribution in [0.3, 0.4) is 0 Å². The van der Waals surface area contributed by atoms with Gasteiger partial charge in [-0.1, -0.05) is 17.7 Å². The fraction of sp³-hybridized carbons (Fsp3) is 0.154. The summed E-state index contributed by atoms with van der Waals surface area (Å²) in [5.41, 5.74) is 1.34. The van der Waals surface area contributed by atoms with E-state index in [0.29, 0.717) is 0 Å². The summed E-state index contributed by atoms with van der Waals surface area (Å²) in [7, 11) is 0. The van der Waals surface area contributed by atoms with Crippen molar-refractivity contribution >= 4 is 23.2 Å². The molecule has 0 spiro atoms. The van der Waals surface area contributed by atoms with Gasteiger partial charge in [0.15, 0.2) is 5.78 Å². The first-order valence-corrected chi connectivity index (χ1v) is 6.60. The van der Waals surface area contributed by atoms with Gasteiger partial charge in [-0.05, 0) is 19.1 Å². The molecule has 0 saturated carbocycles. The highest BCUT2D eigenvalue weighted by molar-refractivity contribution is 8.00. The van der Waals surface area contributed by atoms with Gasteiger partial charge in [-0.15, -0.1) is 11.8 Å². The highest BCUT2D eigenvalue weighted by atomic mass is 32.2. The molecular formula is C13H12N2O3S. The number of aromatic nitrogens is 1. The van der Waals surface area contributed by atoms with Crippen molar-refractivity contribution in [2.75, 3.05) is 5.75 Å². The lowest BCUT2D eigenvalue weighted by molar-refractivity contribution is -0.384. The van der Waals surface area contributed by atoms with Gasteiger partial charge in [-0.25, -0.2) is 0 Å². The van der Waals surface area contributed by atoms with Crippen molar-refractivity contribution in [2.45, 2.75) is 11.8 Å². The van der Waals surface area contributed by atoms with Crippen LogP contribution in [0.4, 0.5) is 5.69 Å². The van der Waals surface area contributed by atoms with E-state index in [1.165, 1.54) is 24.0 Å². The van der Waals surface area contributed by atoms with Gasteiger partial charge in [0.25, 0.3) is 5.69 Å². The van der Waals surface area contributed by atoms with Crippen molar-refractivity contribution in [3.8, 4) is 0 Å². The summed E-state index contributed by atoms with van der Waals surface area (Å²) in [6.45, 7) is 2.00. The number of H-pyrrole nitrogens is 1. The molecule has 5 nitrogen and oxygen atoms in total. The Balaban J connectivity index is 1.97. The van der Waals surface area contributed by atoms with Crippen molar-refractivity contribution in [2.24, 2.45) is 0 Å². The Hall–Kier alpha value is -2.08. The second kappa shape index (κ2) is 5.71. The predicted octanol–water partition coefficient (Wildman–Crippen LogP) is 3.21. The number of carbonyl (C=O) groups is 1. The van der Waals surface area contributed by atoms with E-state index in [2.05, 4.69) is 4.98 Å². The topological polar surface area (TPSA) is 76.0 Å². The molecule has 1 N–H and O–H groups in total. The molecule has 0 saturated heterocycles. The van der Waals surface area contributed by atoms with E-state index in [4.69, 9.17) is 0 Å². The summed E-state index contributed by atoms with van der Waals surface area (Å²) in [4.78, 5) is 25.5. The molecule has 0 aliphatic rings. The maximum atomic E-state index is 11.8. The Morgan fingerprint density at radius 1 is 1.37 bits per heavy atom. The maximum Gasteiger partial charge on any atom is 0.287 e. The van der Waals surface area contributed by atoms with Crippen molar-refractivity contribution in [1.29, 1.82) is 0 Å². The van der Waals surface area contributed by atoms with E-state index in [1.807, 2.05) is 31.2 Å². The van der Waals surface area contributed by atoms with E-state index >= 15 is 0 Å². The zero-order valence-corrected chi connectivity index (χ0v) is 11.1. The van der Waals surface area contributed by atoms with Crippen LogP contribution in [0.15, 0.2) is 41.4 Å². The van der Waals surface area contributed by atoms with Crippen LogP contribution >= 0.6 is 11.8 Å². The number of benzene rings is 1. The van der Waals surface area contributed by atoms with Crippen molar-refractivity contribution in [1.82, 2.24) is 4.98 Å². The van der Waals surface area contributed by atoms with Crippen LogP contribution in [-0.2, 0) is 0 Å². The number of carbonyl (C=O) groups excluding carboxylic acids is 1. The second-order valence-corrected chi connectivity index (χ2v) is 5.10. The number of nitrogens with one attached hydrogen (secondary N) is 1. The SMILES string of the molecule is Cc1ccc(SCC(=O)c2cc([N+](=O)[O-])c[nH]2)cc1. The summed E-state index contributed by atoms with van der Waals surface area (Å²) in [5, 5.41) is 10.5. The van der Waals surface area contributed by atoms with Crippen LogP contribution in [0.1, 0.15) is 16.1 Å². The van der Waals surface area contributed by atoms with E-state index < -0.39 is 4.92 Å². The molecule has 0 aliphatic heterocycles. The lowest BCUT2D eigenvalue weighted by atomic mass is 10.2. The number of nitro groups is 1. The monoisotopic (exact) mass is 276 g/mol. The Morgan fingerprint density at radius 2 is 2.05 bits per heavy atom. The molecule has 0 bridgehead atoms. The summed E-state index contributed by atoms with van der Waals surface area (Å²) in [6, 6.07) is 9.12. The second-order valence-electron chi connectivity index (χ2n) is 4.05. The molecular weight excluding hydrogens is 264 g/mol. The van der Waals surface area contributed by atoms with Crippen LogP contribution in [0.5, 0.6) is 0 Å². The standard InChI is InChI=1S/C13H12N2O3S/c1-9-2-4-11(5-3-9)19-8-13(16)12-6-10(7-14-12)15(17)18/h2-7,14H,8H2,1H3. The quantitative estimate of drug-likeness (QED) is 0.394. The lowest BCUT2D eigenvalue weighted by Crippen LogP contribution is -2.02. The normalized spacial score (nSPS) is 10.4. The molecule has 1 heterocycles. The van der Waals surface area contributed by atoms with Crippen molar-refractivity contribution in [3.05, 3.63) is 57.9 Å². The molecule has 2 rings (SSSR count). The van der Waals surface area contributed by atoms with Gasteiger partial charge < -0.3 is 4.98 Å². The number of hydrogen-bond donors (Lipinski definition) is 1. The minimum absolute atomic E-state index is 0.0938. The number of thioether (sulfide) groups is 1. The molecule has 1 aromatic heterocycles. The highest BCUT2D eigenvalue weighted by Gasteiger charge is 2.14. The van der Waals surface area contributed by atoms with Gasteiger partial charge in [0.2, 0.25) is 0 Å². The Bertz CT molecular complexity index is 605. The molecule has 0 atom stereocenters. The van der Waals surface area contributed by atoms with E-state index in [9.17, 15) is 14.9 Å². The average molecular weight is 276 g/mol. The first-order chi connectivity index (χ1) is 9.06. The lowest BCUT2D eigenvalue weighted by Gasteiger charge is -2.00. The van der Waals surface area contributed by atoms with Crippen molar-refractivity contribution < 1.29 is 9.72 Å². The third-order valence-corrected chi connectivity index (χ3v) is 3.58. The molecule has 1 aromatic carbocycles. The number of rotatable bonds is 5. The molecule has 0 fully saturated rings. The summed E-state index contributed by atoms with van der Waals surface area (Å²) in [5.74, 6) is 0.0967. The molecule has 0 unspecified atom stereocenters. The van der Waals surface area contributed by atoms with E-state index in [-0.39, 0.29) is 22.9 Å². The number of hydrogen-bond acceptors (Lipinski definition) is 4. The van der Waals surface area contributed by atoms with Crippen LogP contribution in [0.25, 0.3) is 0 Å². The third-order valence-electron chi connectivity index (χ3n) is 2.57. The van der Waals surface area contributed by atoms with Gasteiger partial charge in [0.1, 0.15) is 0 Å². The number of aryl methyl sites for hydroxylation is 1. The van der Waals surface area contributed by atoms with Crippen LogP contribution < -0.4 is 0 Å². The molecule has 0 amide bonds. The van der Waals surface area contributed by atoms with Crippen LogP contribution in [0.2, 0.25) is 0 Å². The Labute approximate surface area is 114 Å². The summed E-state index contributed by atoms with van der Waals surface area (Å²) >= 11 is 1.41. The van der Waals surface area contributed by atoms with Gasteiger partial charge >= 0.3 is 0 Å². The minimum atomic E-state index is -0.527. The number of ketones is 1. The zero-order chi connectivity index (χ0) is 13.8. The van der Waals surface area contributed by atoms with Crippen molar-refractivity contribution in [3.63, 3.8) is 0 Å². The van der Waals surface area contributed by atoms with Gasteiger partial charge in [-0.3, -0.25) is 14.9 Å². The molecule has 19 heavy (non-hydrogen) atoms. The van der Waals surface area contributed by atoms with E-state index in [1.54, 1.807) is 0 Å². The predicted molar refractivity (Wildman–Crippen MR) is 73.7 cm³/mol. The largest absolute Gasteiger partial charge is 0.353 e. The molecule has 0 aliphatic carbocycles. The maximum absolute atomic E-state index is 11.8. The molecule has 2 aromatic rings. The van der Waals surface area contributed by atoms with Gasteiger partial charge in [-0.2, -0.15) is 0 Å². The highest BCUT2D eigenvalue weighted by Crippen LogP contribution is 2.20. The first kappa shape index (κ1) is 13.4. The number of Topliss-reactive ketones (excluding diaryl/α,β-unsaturated/α-hetero) is 1. The number of aromatic amines is 1. The van der Waals surface area contributed by atoms with Crippen LogP contribution in [0, 0.1) is 17.0 Å². The van der Waals surface area contributed by atoms with Gasteiger partial charge in [0.05, 0.1) is 22.6 Å². The Kier molecular flexibility index (Phi) is 4.01.